The van der Waals surface area contributed by atoms with Crippen LogP contribution < -0.4 is 34.0 Å². The van der Waals surface area contributed by atoms with E-state index in [1.54, 1.807) is 36.4 Å². The molecule has 18 heteroatoms. The van der Waals surface area contributed by atoms with E-state index in [1.807, 2.05) is 0 Å². The summed E-state index contributed by atoms with van der Waals surface area (Å²) in [5, 5.41) is 54.3. The lowest BCUT2D eigenvalue weighted by Gasteiger charge is -2.24. The first kappa shape index (κ1) is 55.9. The van der Waals surface area contributed by atoms with Gasteiger partial charge in [-0.15, -0.1) is 0 Å². The Hall–Kier alpha value is -5.14. The molecular weight excluding hydrogens is 817 g/mol. The fourth-order valence-electron chi connectivity index (χ4n) is 7.39. The van der Waals surface area contributed by atoms with Crippen molar-refractivity contribution in [3.05, 3.63) is 65.2 Å². The average Bonchev–Trinajstić information content (AvgIpc) is 3.26. The van der Waals surface area contributed by atoms with Gasteiger partial charge in [0.05, 0.1) is 23.0 Å². The average molecular weight is 889 g/mol. The first-order chi connectivity index (χ1) is 29.8. The second kappa shape index (κ2) is 31.7. The maximum Gasteiger partial charge on any atom is 0.335 e. The third-order valence-corrected chi connectivity index (χ3v) is 11.5. The largest absolute Gasteiger partial charge is 0.481 e. The van der Waals surface area contributed by atoms with E-state index >= 15 is 0 Å². The number of hydrogen-bond donors (Lipinski definition) is 12. The highest BCUT2D eigenvalue weighted by Gasteiger charge is 2.25. The molecule has 3 aliphatic carbocycles. The molecule has 18 nitrogen and oxygen atoms in total. The van der Waals surface area contributed by atoms with Gasteiger partial charge in [0.2, 0.25) is 0 Å². The Morgan fingerprint density at radius 1 is 0.492 bits per heavy atom. The second-order valence-electron chi connectivity index (χ2n) is 16.5. The summed E-state index contributed by atoms with van der Waals surface area (Å²) >= 11 is 0. The van der Waals surface area contributed by atoms with E-state index in [0.29, 0.717) is 61.0 Å². The molecule has 4 aliphatic rings. The Balaban J connectivity index is 0.000000378. The Morgan fingerprint density at radius 2 is 0.841 bits per heavy atom. The van der Waals surface area contributed by atoms with Crippen LogP contribution in [0.1, 0.15) is 129 Å². The zero-order valence-electron chi connectivity index (χ0n) is 36.3. The molecule has 0 amide bonds. The maximum absolute atomic E-state index is 10.5. The number of carboxylic acid groups (broad SMARTS) is 6. The zero-order valence-corrected chi connectivity index (χ0v) is 36.3. The molecule has 1 saturated heterocycles. The molecule has 6 rings (SSSR count). The Morgan fingerprint density at radius 3 is 1.19 bits per heavy atom. The Labute approximate surface area is 370 Å². The van der Waals surface area contributed by atoms with Gasteiger partial charge in [0.25, 0.3) is 0 Å². The van der Waals surface area contributed by atoms with Gasteiger partial charge >= 0.3 is 35.8 Å². The fraction of sp³-hybridized carbons (Fsp3) is 0.600. The highest BCUT2D eigenvalue weighted by molar-refractivity contribution is 5.88. The number of rotatable bonds is 10. The van der Waals surface area contributed by atoms with Gasteiger partial charge in [0.1, 0.15) is 0 Å². The number of nitrogens with one attached hydrogen (secondary N) is 1. The molecule has 4 fully saturated rings. The number of nitrogens with two attached hydrogens (primary N) is 5. The number of aliphatic carboxylic acids is 4. The summed E-state index contributed by atoms with van der Waals surface area (Å²) in [4.78, 5) is 62.1. The number of benzene rings is 2. The van der Waals surface area contributed by atoms with Gasteiger partial charge in [-0.05, 0) is 169 Å². The Kier molecular flexibility index (Phi) is 28.1. The summed E-state index contributed by atoms with van der Waals surface area (Å²) in [7, 11) is 0. The summed E-state index contributed by atoms with van der Waals surface area (Å²) < 4.78 is 0. The number of hydrogen-bond acceptors (Lipinski definition) is 12. The molecule has 63 heavy (non-hydrogen) atoms. The van der Waals surface area contributed by atoms with Crippen LogP contribution in [0.15, 0.2) is 48.5 Å². The van der Waals surface area contributed by atoms with Gasteiger partial charge in [0, 0.05) is 37.2 Å². The molecule has 0 atom stereocenters. The van der Waals surface area contributed by atoms with Crippen molar-refractivity contribution in [1.29, 1.82) is 0 Å². The van der Waals surface area contributed by atoms with Crippen molar-refractivity contribution in [2.45, 2.75) is 121 Å². The smallest absolute Gasteiger partial charge is 0.335 e. The summed E-state index contributed by atoms with van der Waals surface area (Å²) in [6.45, 7) is 3.13. The standard InChI is InChI=1S/C8H15NO2.C8H9NO2.C8H15NO2.2C7H13NO2.C7H7NO2/c2*9-5-6-1-3-7(4-2-6)8(10)11;9-7-3-1-6(2-4-7)5-8(10)11;9-7(10)5-6-1-3-8-4-2-6;2*8-6-3-1-5(2-4-6)7(9)10/h6-7H,1-5,9H2,(H,10,11);1-4H,5,9H2,(H,10,11);6-7H,1-5,9H2,(H,10,11);6,8H,1-5H2,(H,9,10);5-6H,1-4,8H2,(H,9,10);1-4H,8H2,(H,9,10). The van der Waals surface area contributed by atoms with Crippen LogP contribution in [-0.4, -0.2) is 98.2 Å². The van der Waals surface area contributed by atoms with Crippen LogP contribution in [0.5, 0.6) is 0 Å². The predicted molar refractivity (Wildman–Crippen MR) is 239 cm³/mol. The summed E-state index contributed by atoms with van der Waals surface area (Å²) in [5.74, 6) is -3.33. The quantitative estimate of drug-likeness (QED) is 0.144. The molecule has 1 aliphatic heterocycles. The highest BCUT2D eigenvalue weighted by Crippen LogP contribution is 2.28. The molecule has 0 unspecified atom stereocenters. The first-order valence-corrected chi connectivity index (χ1v) is 21.8. The molecule has 0 bridgehead atoms. The van der Waals surface area contributed by atoms with Crippen LogP contribution in [0.3, 0.4) is 0 Å². The summed E-state index contributed by atoms with van der Waals surface area (Å²) in [5.41, 5.74) is 29.5. The minimum atomic E-state index is -0.931. The number of carbonyl (C=O) groups is 6. The van der Waals surface area contributed by atoms with Gasteiger partial charge in [-0.1, -0.05) is 12.1 Å². The van der Waals surface area contributed by atoms with Crippen LogP contribution >= 0.6 is 0 Å². The van der Waals surface area contributed by atoms with Crippen LogP contribution in [0, 0.1) is 29.6 Å². The van der Waals surface area contributed by atoms with E-state index in [9.17, 15) is 28.8 Å². The van der Waals surface area contributed by atoms with Gasteiger partial charge in [-0.3, -0.25) is 19.2 Å². The van der Waals surface area contributed by atoms with Crippen molar-refractivity contribution in [3.8, 4) is 0 Å². The third-order valence-electron chi connectivity index (χ3n) is 11.5. The number of nitrogen functional groups attached to an aromatic ring is 1. The number of anilines is 1. The molecule has 0 aromatic heterocycles. The van der Waals surface area contributed by atoms with Gasteiger partial charge < -0.3 is 64.6 Å². The normalized spacial score (nSPS) is 22.9. The topological polar surface area (TPSA) is 366 Å². The Bertz CT molecular complexity index is 1630. The molecular formula is C45H72N6O12. The van der Waals surface area contributed by atoms with Crippen molar-refractivity contribution in [3.63, 3.8) is 0 Å². The van der Waals surface area contributed by atoms with E-state index in [0.717, 1.165) is 109 Å². The van der Waals surface area contributed by atoms with Crippen molar-refractivity contribution >= 4 is 41.5 Å². The van der Waals surface area contributed by atoms with E-state index in [-0.39, 0.29) is 23.4 Å². The van der Waals surface area contributed by atoms with Crippen molar-refractivity contribution in [1.82, 2.24) is 5.32 Å². The molecule has 17 N–H and O–H groups in total. The van der Waals surface area contributed by atoms with Crippen molar-refractivity contribution in [2.75, 3.05) is 25.4 Å². The molecule has 2 aromatic rings. The zero-order chi connectivity index (χ0) is 47.3. The van der Waals surface area contributed by atoms with Crippen LogP contribution in [0.25, 0.3) is 0 Å². The van der Waals surface area contributed by atoms with Crippen molar-refractivity contribution < 1.29 is 59.4 Å². The number of carboxylic acids is 6. The third kappa shape index (κ3) is 26.2. The molecule has 2 aromatic carbocycles. The first-order valence-electron chi connectivity index (χ1n) is 21.8. The van der Waals surface area contributed by atoms with Crippen molar-refractivity contribution in [2.24, 2.45) is 52.5 Å². The lowest BCUT2D eigenvalue weighted by Crippen LogP contribution is -2.29. The predicted octanol–water partition coefficient (Wildman–Crippen LogP) is 4.67. The van der Waals surface area contributed by atoms with Crippen LogP contribution in [-0.2, 0) is 25.7 Å². The molecule has 1 heterocycles. The highest BCUT2D eigenvalue weighted by atomic mass is 16.4. The summed E-state index contributed by atoms with van der Waals surface area (Å²) in [6.07, 6.45) is 13.6. The fourth-order valence-corrected chi connectivity index (χ4v) is 7.39. The molecule has 354 valence electrons. The molecule has 0 spiro atoms. The van der Waals surface area contributed by atoms with Gasteiger partial charge in [0.15, 0.2) is 0 Å². The lowest BCUT2D eigenvalue weighted by molar-refractivity contribution is -0.143. The minimum absolute atomic E-state index is 0.0993. The van der Waals surface area contributed by atoms with Gasteiger partial charge in [-0.2, -0.15) is 0 Å². The second-order valence-corrected chi connectivity index (χ2v) is 16.5. The van der Waals surface area contributed by atoms with E-state index in [4.69, 9.17) is 59.3 Å². The SMILES string of the molecule is NC1CCC(C(=O)O)CC1.NC1CCC(CC(=O)O)CC1.NCC1CCC(C(=O)O)CC1.NCc1ccc(C(=O)O)cc1.Nc1ccc(C(=O)O)cc1.O=C(O)CC1CCNCC1. The van der Waals surface area contributed by atoms with Gasteiger partial charge in [-0.25, -0.2) is 9.59 Å². The number of aromatic carboxylic acids is 2. The van der Waals surface area contributed by atoms with Crippen LogP contribution in [0.4, 0.5) is 5.69 Å². The maximum atomic E-state index is 10.5. The molecule has 3 saturated carbocycles. The summed E-state index contributed by atoms with van der Waals surface area (Å²) in [6, 6.07) is 13.1. The molecule has 0 radical (unpaired) electrons. The lowest BCUT2D eigenvalue weighted by atomic mass is 9.82. The minimum Gasteiger partial charge on any atom is -0.481 e. The van der Waals surface area contributed by atoms with E-state index in [2.05, 4.69) is 5.32 Å². The van der Waals surface area contributed by atoms with Crippen LogP contribution in [0.2, 0.25) is 0 Å². The van der Waals surface area contributed by atoms with E-state index < -0.39 is 35.8 Å². The monoisotopic (exact) mass is 889 g/mol. The number of piperidine rings is 1. The van der Waals surface area contributed by atoms with E-state index in [1.165, 1.54) is 12.1 Å².